The number of carbonyl (C=O) groups is 2. The van der Waals surface area contributed by atoms with E-state index in [1.165, 1.54) is 10.4 Å². The molecule has 0 saturated heterocycles. The number of ether oxygens (including phenoxy) is 2. The molecule has 1 aliphatic heterocycles. The van der Waals surface area contributed by atoms with Crippen LogP contribution in [0.1, 0.15) is 36.6 Å². The second kappa shape index (κ2) is 7.45. The molecular formula is C15H21NO4S. The molecule has 0 N–H and O–H groups in total. The lowest BCUT2D eigenvalue weighted by molar-refractivity contribution is -0.143. The van der Waals surface area contributed by atoms with Crippen molar-refractivity contribution in [3.05, 3.63) is 21.9 Å². The van der Waals surface area contributed by atoms with Crippen molar-refractivity contribution in [2.45, 2.75) is 32.6 Å². The summed E-state index contributed by atoms with van der Waals surface area (Å²) in [6.45, 7) is 5.46. The highest BCUT2D eigenvalue weighted by atomic mass is 32.1. The molecule has 2 heterocycles. The first-order chi connectivity index (χ1) is 10.2. The van der Waals surface area contributed by atoms with E-state index in [0.29, 0.717) is 32.7 Å². The third-order valence-corrected chi connectivity index (χ3v) is 4.51. The van der Waals surface area contributed by atoms with Gasteiger partial charge >= 0.3 is 12.1 Å². The Bertz CT molecular complexity index is 500. The van der Waals surface area contributed by atoms with Crippen molar-refractivity contribution in [2.24, 2.45) is 0 Å². The van der Waals surface area contributed by atoms with E-state index in [9.17, 15) is 9.59 Å². The highest BCUT2D eigenvalue weighted by Gasteiger charge is 2.29. The summed E-state index contributed by atoms with van der Waals surface area (Å²) in [5.41, 5.74) is 1.17. The molecule has 2 rings (SSSR count). The molecule has 0 bridgehead atoms. The van der Waals surface area contributed by atoms with Gasteiger partial charge in [0.2, 0.25) is 0 Å². The fourth-order valence-electron chi connectivity index (χ4n) is 2.59. The van der Waals surface area contributed by atoms with Crippen LogP contribution in [0.4, 0.5) is 4.79 Å². The predicted octanol–water partition coefficient (Wildman–Crippen LogP) is 2.80. The van der Waals surface area contributed by atoms with Gasteiger partial charge in [0.1, 0.15) is 0 Å². The van der Waals surface area contributed by atoms with Gasteiger partial charge in [-0.1, -0.05) is 0 Å². The minimum absolute atomic E-state index is 0.0165. The number of esters is 1. The van der Waals surface area contributed by atoms with E-state index < -0.39 is 0 Å². The van der Waals surface area contributed by atoms with Crippen LogP contribution < -0.4 is 0 Å². The third kappa shape index (κ3) is 3.97. The number of thiophene rings is 1. The van der Waals surface area contributed by atoms with E-state index in [1.54, 1.807) is 30.1 Å². The van der Waals surface area contributed by atoms with E-state index in [2.05, 4.69) is 6.07 Å². The van der Waals surface area contributed by atoms with E-state index in [4.69, 9.17) is 9.47 Å². The van der Waals surface area contributed by atoms with Crippen molar-refractivity contribution in [2.75, 3.05) is 26.3 Å². The second-order valence-electron chi connectivity index (χ2n) is 4.90. The van der Waals surface area contributed by atoms with Crippen LogP contribution in [0.5, 0.6) is 0 Å². The summed E-state index contributed by atoms with van der Waals surface area (Å²) in [6.07, 6.45) is 0.806. The van der Waals surface area contributed by atoms with Gasteiger partial charge in [0, 0.05) is 23.9 Å². The number of carbonyl (C=O) groups excluding carboxylic acids is 2. The zero-order valence-electron chi connectivity index (χ0n) is 12.5. The molecule has 0 fully saturated rings. The van der Waals surface area contributed by atoms with Gasteiger partial charge in [-0.3, -0.25) is 4.79 Å². The first-order valence-electron chi connectivity index (χ1n) is 7.29. The Morgan fingerprint density at radius 1 is 1.33 bits per heavy atom. The molecule has 0 saturated carbocycles. The fourth-order valence-corrected chi connectivity index (χ4v) is 3.54. The number of amides is 1. The summed E-state index contributed by atoms with van der Waals surface area (Å²) in [5.74, 6) is -0.234. The van der Waals surface area contributed by atoms with Crippen molar-refractivity contribution in [1.29, 1.82) is 0 Å². The summed E-state index contributed by atoms with van der Waals surface area (Å²) < 4.78 is 10.1. The standard InChI is InChI=1S/C15H21NO4S/c1-3-19-14(17)9-11-10-16(15(18)20-4-2)7-5-13-12(11)6-8-21-13/h6,8,11H,3-5,7,9-10H2,1-2H3/t11-/m0/s1. The maximum Gasteiger partial charge on any atom is 0.409 e. The lowest BCUT2D eigenvalue weighted by Crippen LogP contribution is -2.35. The van der Waals surface area contributed by atoms with Crippen LogP contribution in [-0.2, 0) is 20.7 Å². The van der Waals surface area contributed by atoms with Crippen molar-refractivity contribution >= 4 is 23.4 Å². The van der Waals surface area contributed by atoms with Crippen LogP contribution in [0.15, 0.2) is 11.4 Å². The molecule has 1 aromatic heterocycles. The van der Waals surface area contributed by atoms with Gasteiger partial charge < -0.3 is 14.4 Å². The van der Waals surface area contributed by atoms with Gasteiger partial charge in [-0.05, 0) is 37.3 Å². The maximum absolute atomic E-state index is 12.0. The third-order valence-electron chi connectivity index (χ3n) is 3.51. The quantitative estimate of drug-likeness (QED) is 0.802. The molecule has 1 aliphatic rings. The van der Waals surface area contributed by atoms with Crippen LogP contribution in [0.3, 0.4) is 0 Å². The van der Waals surface area contributed by atoms with Gasteiger partial charge in [-0.25, -0.2) is 4.79 Å². The molecule has 1 amide bonds. The van der Waals surface area contributed by atoms with E-state index in [0.717, 1.165) is 6.42 Å². The van der Waals surface area contributed by atoms with Gasteiger partial charge in [0.05, 0.1) is 19.6 Å². The van der Waals surface area contributed by atoms with E-state index >= 15 is 0 Å². The second-order valence-corrected chi connectivity index (χ2v) is 5.90. The fraction of sp³-hybridized carbons (Fsp3) is 0.600. The molecule has 0 radical (unpaired) electrons. The summed E-state index contributed by atoms with van der Waals surface area (Å²) >= 11 is 1.68. The molecule has 0 unspecified atom stereocenters. The van der Waals surface area contributed by atoms with Crippen molar-refractivity contribution < 1.29 is 19.1 Å². The SMILES string of the molecule is CCOC(=O)C[C@H]1CN(C(=O)OCC)CCc2sccc21. The van der Waals surface area contributed by atoms with Crippen LogP contribution in [0.2, 0.25) is 0 Å². The number of fused-ring (bicyclic) bond motifs is 1. The summed E-state index contributed by atoms with van der Waals surface area (Å²) in [6, 6.07) is 2.05. The summed E-state index contributed by atoms with van der Waals surface area (Å²) in [7, 11) is 0. The van der Waals surface area contributed by atoms with Crippen molar-refractivity contribution in [3.8, 4) is 0 Å². The first kappa shape index (κ1) is 15.8. The van der Waals surface area contributed by atoms with Gasteiger partial charge in [0.25, 0.3) is 0 Å². The zero-order chi connectivity index (χ0) is 15.2. The molecule has 116 valence electrons. The minimum atomic E-state index is -0.304. The van der Waals surface area contributed by atoms with Gasteiger partial charge in [0.15, 0.2) is 0 Å². The Hall–Kier alpha value is -1.56. The molecule has 5 nitrogen and oxygen atoms in total. The lowest BCUT2D eigenvalue weighted by atomic mass is 9.96. The molecule has 6 heteroatoms. The Morgan fingerprint density at radius 2 is 2.10 bits per heavy atom. The summed E-state index contributed by atoms with van der Waals surface area (Å²) in [5, 5.41) is 2.04. The maximum atomic E-state index is 12.0. The van der Waals surface area contributed by atoms with Crippen molar-refractivity contribution in [1.82, 2.24) is 4.90 Å². The number of rotatable bonds is 4. The molecule has 21 heavy (non-hydrogen) atoms. The van der Waals surface area contributed by atoms with Crippen LogP contribution in [0.25, 0.3) is 0 Å². The average molecular weight is 311 g/mol. The lowest BCUT2D eigenvalue weighted by Gasteiger charge is -2.23. The van der Waals surface area contributed by atoms with Gasteiger partial charge in [-0.2, -0.15) is 0 Å². The normalized spacial score (nSPS) is 17.8. The van der Waals surface area contributed by atoms with Crippen LogP contribution in [0, 0.1) is 0 Å². The van der Waals surface area contributed by atoms with Crippen LogP contribution in [-0.4, -0.2) is 43.3 Å². The molecule has 0 aromatic carbocycles. The molecule has 0 aliphatic carbocycles. The number of hydrogen-bond donors (Lipinski definition) is 0. The minimum Gasteiger partial charge on any atom is -0.466 e. The topological polar surface area (TPSA) is 55.8 Å². The van der Waals surface area contributed by atoms with Crippen molar-refractivity contribution in [3.63, 3.8) is 0 Å². The number of hydrogen-bond acceptors (Lipinski definition) is 5. The Balaban J connectivity index is 2.13. The van der Waals surface area contributed by atoms with E-state index in [-0.39, 0.29) is 18.0 Å². The molecular weight excluding hydrogens is 290 g/mol. The predicted molar refractivity (Wildman–Crippen MR) is 80.6 cm³/mol. The molecule has 1 atom stereocenters. The first-order valence-corrected chi connectivity index (χ1v) is 8.17. The Morgan fingerprint density at radius 3 is 2.81 bits per heavy atom. The zero-order valence-corrected chi connectivity index (χ0v) is 13.3. The highest BCUT2D eigenvalue weighted by Crippen LogP contribution is 2.32. The highest BCUT2D eigenvalue weighted by molar-refractivity contribution is 7.10. The average Bonchev–Trinajstić information content (AvgIpc) is 2.84. The largest absolute Gasteiger partial charge is 0.466 e. The number of nitrogens with zero attached hydrogens (tertiary/aromatic N) is 1. The van der Waals surface area contributed by atoms with Crippen LogP contribution >= 0.6 is 11.3 Å². The monoisotopic (exact) mass is 311 g/mol. The Kier molecular flexibility index (Phi) is 5.61. The smallest absolute Gasteiger partial charge is 0.409 e. The Labute approximate surface area is 128 Å². The van der Waals surface area contributed by atoms with E-state index in [1.807, 2.05) is 5.38 Å². The van der Waals surface area contributed by atoms with Gasteiger partial charge in [-0.15, -0.1) is 11.3 Å². The molecule has 1 aromatic rings. The summed E-state index contributed by atoms with van der Waals surface area (Å²) in [4.78, 5) is 26.7. The molecule has 0 spiro atoms.